The molecule has 2 aromatic carbocycles. The van der Waals surface area contributed by atoms with Gasteiger partial charge in [0.1, 0.15) is 17.2 Å². The van der Waals surface area contributed by atoms with E-state index in [9.17, 15) is 9.90 Å². The molecule has 0 aliphatic heterocycles. The molecule has 2 aromatic rings. The zero-order chi connectivity index (χ0) is 17.7. The Morgan fingerprint density at radius 2 is 1.75 bits per heavy atom. The number of carbonyl (C=O) groups is 1. The molecule has 0 spiro atoms. The van der Waals surface area contributed by atoms with Gasteiger partial charge >= 0.3 is 0 Å². The third-order valence-electron chi connectivity index (χ3n) is 4.07. The van der Waals surface area contributed by atoms with Crippen LogP contribution in [-0.4, -0.2) is 25.2 Å². The van der Waals surface area contributed by atoms with Crippen molar-refractivity contribution in [1.82, 2.24) is 0 Å². The monoisotopic (exact) mass is 329 g/mol. The summed E-state index contributed by atoms with van der Waals surface area (Å²) in [4.78, 5) is 12.4. The first-order chi connectivity index (χ1) is 11.5. The van der Waals surface area contributed by atoms with Crippen LogP contribution >= 0.6 is 0 Å². The molecule has 0 fully saturated rings. The molecule has 0 saturated heterocycles. The molecule has 1 atom stereocenters. The van der Waals surface area contributed by atoms with Crippen LogP contribution in [0.1, 0.15) is 42.1 Å². The highest BCUT2D eigenvalue weighted by molar-refractivity contribution is 6.05. The number of phenolic OH excluding ortho intramolecular Hbond substituents is 1. The van der Waals surface area contributed by atoms with Crippen LogP contribution in [-0.2, 0) is 0 Å². The second kappa shape index (κ2) is 7.73. The first-order valence-electron chi connectivity index (χ1n) is 7.85. The van der Waals surface area contributed by atoms with Crippen molar-refractivity contribution in [3.63, 3.8) is 0 Å². The van der Waals surface area contributed by atoms with Crippen molar-refractivity contribution in [3.8, 4) is 17.2 Å². The highest BCUT2D eigenvalue weighted by atomic mass is 16.5. The average molecular weight is 329 g/mol. The van der Waals surface area contributed by atoms with Crippen molar-refractivity contribution in [2.75, 3.05) is 19.5 Å². The number of carbonyl (C=O) groups excluding carboxylic acids is 1. The molecule has 0 unspecified atom stereocenters. The molecule has 0 aliphatic carbocycles. The quantitative estimate of drug-likeness (QED) is 0.780. The van der Waals surface area contributed by atoms with Crippen LogP contribution in [0.15, 0.2) is 36.4 Å². The standard InChI is InChI=1S/C19H23NO4/c1-5-12(2)13-6-7-17(18(21)10-13)20-19(22)14-8-15(23-3)11-16(9-14)24-4/h6-12,21H,5H2,1-4H3,(H,20,22)/t12-/m1/s1. The van der Waals surface area contributed by atoms with Crippen molar-refractivity contribution in [1.29, 1.82) is 0 Å². The van der Waals surface area contributed by atoms with Crippen LogP contribution < -0.4 is 14.8 Å². The highest BCUT2D eigenvalue weighted by Gasteiger charge is 2.13. The van der Waals surface area contributed by atoms with E-state index in [1.54, 1.807) is 30.3 Å². The number of methoxy groups -OCH3 is 2. The molecule has 24 heavy (non-hydrogen) atoms. The molecule has 0 bridgehead atoms. The highest BCUT2D eigenvalue weighted by Crippen LogP contribution is 2.30. The second-order valence-corrected chi connectivity index (χ2v) is 5.64. The number of aromatic hydroxyl groups is 1. The smallest absolute Gasteiger partial charge is 0.256 e. The first-order valence-corrected chi connectivity index (χ1v) is 7.85. The fourth-order valence-electron chi connectivity index (χ4n) is 2.33. The van der Waals surface area contributed by atoms with E-state index in [1.807, 2.05) is 6.07 Å². The molecule has 0 radical (unpaired) electrons. The molecule has 1 amide bonds. The van der Waals surface area contributed by atoms with Gasteiger partial charge in [0, 0.05) is 11.6 Å². The summed E-state index contributed by atoms with van der Waals surface area (Å²) < 4.78 is 10.3. The number of phenols is 1. The second-order valence-electron chi connectivity index (χ2n) is 5.64. The molecule has 5 nitrogen and oxygen atoms in total. The summed E-state index contributed by atoms with van der Waals surface area (Å²) in [5.74, 6) is 1.10. The number of anilines is 1. The third-order valence-corrected chi connectivity index (χ3v) is 4.07. The SMILES string of the molecule is CC[C@@H](C)c1ccc(NC(=O)c2cc(OC)cc(OC)c2)c(O)c1. The van der Waals surface area contributed by atoms with Gasteiger partial charge in [-0.3, -0.25) is 4.79 Å². The van der Waals surface area contributed by atoms with Gasteiger partial charge in [-0.15, -0.1) is 0 Å². The van der Waals surface area contributed by atoms with Crippen LogP contribution in [0, 0.1) is 0 Å². The van der Waals surface area contributed by atoms with Crippen LogP contribution in [0.2, 0.25) is 0 Å². The molecule has 128 valence electrons. The Balaban J connectivity index is 2.23. The van der Waals surface area contributed by atoms with Gasteiger partial charge in [-0.05, 0) is 42.2 Å². The predicted molar refractivity (Wildman–Crippen MR) is 94.3 cm³/mol. The lowest BCUT2D eigenvalue weighted by Crippen LogP contribution is -2.12. The summed E-state index contributed by atoms with van der Waals surface area (Å²) in [5.41, 5.74) is 1.79. The van der Waals surface area contributed by atoms with Gasteiger partial charge in [-0.1, -0.05) is 19.9 Å². The maximum atomic E-state index is 12.4. The van der Waals surface area contributed by atoms with E-state index in [0.717, 1.165) is 12.0 Å². The number of benzene rings is 2. The summed E-state index contributed by atoms with van der Waals surface area (Å²) >= 11 is 0. The maximum absolute atomic E-state index is 12.4. The topological polar surface area (TPSA) is 67.8 Å². The number of nitrogens with one attached hydrogen (secondary N) is 1. The summed E-state index contributed by atoms with van der Waals surface area (Å²) in [6, 6.07) is 10.2. The molecular weight excluding hydrogens is 306 g/mol. The Kier molecular flexibility index (Phi) is 5.68. The minimum absolute atomic E-state index is 0.0519. The Morgan fingerprint density at radius 3 is 2.25 bits per heavy atom. The lowest BCUT2D eigenvalue weighted by molar-refractivity contribution is 0.102. The van der Waals surface area contributed by atoms with E-state index in [4.69, 9.17) is 9.47 Å². The summed E-state index contributed by atoms with van der Waals surface area (Å²) in [6.07, 6.45) is 0.981. The maximum Gasteiger partial charge on any atom is 0.256 e. The van der Waals surface area contributed by atoms with Crippen LogP contribution in [0.4, 0.5) is 5.69 Å². The van der Waals surface area contributed by atoms with Crippen molar-refractivity contribution < 1.29 is 19.4 Å². The average Bonchev–Trinajstić information content (AvgIpc) is 2.61. The van der Waals surface area contributed by atoms with Gasteiger partial charge in [-0.2, -0.15) is 0 Å². The Hall–Kier alpha value is -2.69. The minimum Gasteiger partial charge on any atom is -0.506 e. The lowest BCUT2D eigenvalue weighted by Gasteiger charge is -2.13. The number of hydrogen-bond donors (Lipinski definition) is 2. The number of amides is 1. The van der Waals surface area contributed by atoms with E-state index < -0.39 is 0 Å². The summed E-state index contributed by atoms with van der Waals surface area (Å²) in [5, 5.41) is 12.9. The van der Waals surface area contributed by atoms with E-state index in [0.29, 0.717) is 28.7 Å². The van der Waals surface area contributed by atoms with Crippen LogP contribution in [0.3, 0.4) is 0 Å². The van der Waals surface area contributed by atoms with Crippen LogP contribution in [0.25, 0.3) is 0 Å². The van der Waals surface area contributed by atoms with Gasteiger partial charge in [0.2, 0.25) is 0 Å². The normalized spacial score (nSPS) is 11.7. The third kappa shape index (κ3) is 3.98. The van der Waals surface area contributed by atoms with Crippen LogP contribution in [0.5, 0.6) is 17.2 Å². The predicted octanol–water partition coefficient (Wildman–Crippen LogP) is 4.18. The van der Waals surface area contributed by atoms with Gasteiger partial charge in [0.15, 0.2) is 0 Å². The minimum atomic E-state index is -0.348. The van der Waals surface area contributed by atoms with Gasteiger partial charge in [0.05, 0.1) is 19.9 Å². The Labute approximate surface area is 142 Å². The Morgan fingerprint density at radius 1 is 1.12 bits per heavy atom. The molecule has 2 rings (SSSR count). The van der Waals surface area contributed by atoms with Gasteiger partial charge in [0.25, 0.3) is 5.91 Å². The molecule has 5 heteroatoms. The van der Waals surface area contributed by atoms with E-state index in [-0.39, 0.29) is 11.7 Å². The molecule has 0 saturated carbocycles. The molecule has 0 aliphatic rings. The zero-order valence-electron chi connectivity index (χ0n) is 14.4. The fourth-order valence-corrected chi connectivity index (χ4v) is 2.33. The number of ether oxygens (including phenoxy) is 2. The zero-order valence-corrected chi connectivity index (χ0v) is 14.4. The molecule has 0 heterocycles. The lowest BCUT2D eigenvalue weighted by atomic mass is 9.98. The van der Waals surface area contributed by atoms with Crippen molar-refractivity contribution >= 4 is 11.6 Å². The van der Waals surface area contributed by atoms with Crippen molar-refractivity contribution in [2.45, 2.75) is 26.2 Å². The van der Waals surface area contributed by atoms with Gasteiger partial charge < -0.3 is 19.9 Å². The summed E-state index contributed by atoms with van der Waals surface area (Å²) in [7, 11) is 3.05. The fraction of sp³-hybridized carbons (Fsp3) is 0.316. The number of rotatable bonds is 6. The molecule has 0 aromatic heterocycles. The first kappa shape index (κ1) is 17.7. The number of hydrogen-bond acceptors (Lipinski definition) is 4. The van der Waals surface area contributed by atoms with E-state index in [1.165, 1.54) is 14.2 Å². The van der Waals surface area contributed by atoms with E-state index >= 15 is 0 Å². The molecular formula is C19H23NO4. The van der Waals surface area contributed by atoms with Crippen molar-refractivity contribution in [2.24, 2.45) is 0 Å². The van der Waals surface area contributed by atoms with Gasteiger partial charge in [-0.25, -0.2) is 0 Å². The van der Waals surface area contributed by atoms with Crippen molar-refractivity contribution in [3.05, 3.63) is 47.5 Å². The largest absolute Gasteiger partial charge is 0.506 e. The summed E-state index contributed by atoms with van der Waals surface area (Å²) in [6.45, 7) is 4.18. The molecule has 2 N–H and O–H groups in total. The Bertz CT molecular complexity index is 705. The van der Waals surface area contributed by atoms with E-state index in [2.05, 4.69) is 19.2 Å².